The number of aryl methyl sites for hydroxylation is 1. The number of likely N-dealkylation sites (tertiary alicyclic amines) is 3. The molecule has 8 rings (SSSR count). The van der Waals surface area contributed by atoms with Crippen LogP contribution in [0.4, 0.5) is 15.3 Å². The number of esters is 1. The molecule has 0 unspecified atom stereocenters. The number of rotatable bonds is 11. The molecule has 1 atom stereocenters. The number of anilines is 1. The summed E-state index contributed by atoms with van der Waals surface area (Å²) in [5.74, 6) is -0.172. The number of H-pyrrole nitrogens is 1. The Morgan fingerprint density at radius 1 is 0.859 bits per heavy atom. The largest absolute Gasteiger partial charge is 0.464 e. The fraction of sp³-hybridized carbons (Fsp3) is 0.617. The van der Waals surface area contributed by atoms with Crippen LogP contribution in [-0.2, 0) is 36.7 Å². The Morgan fingerprint density at radius 3 is 2.30 bits per heavy atom. The highest BCUT2D eigenvalue weighted by atomic mass is 16.6. The quantitative estimate of drug-likeness (QED) is 0.255. The van der Waals surface area contributed by atoms with Gasteiger partial charge in [0.25, 0.3) is 5.91 Å². The Balaban J connectivity index is 0.000000272. The lowest BCUT2D eigenvalue weighted by atomic mass is 9.98. The van der Waals surface area contributed by atoms with Gasteiger partial charge < -0.3 is 48.6 Å². The molecule has 0 saturated carbocycles. The summed E-state index contributed by atoms with van der Waals surface area (Å²) in [6, 6.07) is 11.4. The Bertz CT molecular complexity index is 2130. The topological polar surface area (TPSA) is 181 Å². The molecule has 3 aromatic rings. The third-order valence-electron chi connectivity index (χ3n) is 13.2. The number of nitrogens with zero attached hydrogens (tertiary/aromatic N) is 6. The standard InChI is InChI=1S/C32H39N5O6.C14H25N3O3.CH4/c1-20-7-12-35(13-8-20)29(38)27(19-22-17-21(2)28-26(18-22)42-31(40)34-28)43-32(41)36-14-10-24(11-15-36)37-16-9-23-5-3-4-6-25(23)33-30(37)39;1-15-7-9-16(10-8-15)6-4-14(19)20-12-11-17-5-2-3-13(17)18;/h3-6,17-18,20,24,27H,7-16,19H2,1-2H3,(H,33,39)(H,34,40);2-12H2,1H3;1H4/t27-;;/m1../s1. The molecular formula is C47H68N8O9. The summed E-state index contributed by atoms with van der Waals surface area (Å²) >= 11 is 0. The summed E-state index contributed by atoms with van der Waals surface area (Å²) in [6.45, 7) is 13.4. The summed E-state index contributed by atoms with van der Waals surface area (Å²) in [5.41, 5.74) is 4.55. The molecule has 64 heavy (non-hydrogen) atoms. The van der Waals surface area contributed by atoms with Crippen LogP contribution in [0.1, 0.15) is 76.0 Å². The molecule has 6 heterocycles. The van der Waals surface area contributed by atoms with Gasteiger partial charge in [-0.15, -0.1) is 0 Å². The molecule has 17 heteroatoms. The van der Waals surface area contributed by atoms with Crippen LogP contribution in [0.3, 0.4) is 0 Å². The minimum Gasteiger partial charge on any atom is -0.464 e. The SMILES string of the molecule is C.CN1CCN(CCC(=O)OCCN2CCCC2=O)CC1.Cc1cc(C[C@@H](OC(=O)N2CCC(N3CCc4ccccc4NC3=O)CC2)C(=O)N2CCC(C)CC2)cc2oc(=O)[nH]c12. The van der Waals surface area contributed by atoms with E-state index in [0.29, 0.717) is 88.6 Å². The van der Waals surface area contributed by atoms with E-state index in [1.54, 1.807) is 20.8 Å². The lowest BCUT2D eigenvalue weighted by molar-refractivity contribution is -0.145. The van der Waals surface area contributed by atoms with Gasteiger partial charge in [0.15, 0.2) is 11.7 Å². The second-order valence-electron chi connectivity index (χ2n) is 17.7. The molecule has 0 spiro atoms. The van der Waals surface area contributed by atoms with Crippen molar-refractivity contribution in [2.75, 3.05) is 97.5 Å². The van der Waals surface area contributed by atoms with Gasteiger partial charge in [0.05, 0.1) is 18.5 Å². The number of hydrogen-bond donors (Lipinski definition) is 2. The van der Waals surface area contributed by atoms with Crippen LogP contribution in [0.2, 0.25) is 0 Å². The number of piperazine rings is 1. The number of piperidine rings is 2. The minimum absolute atomic E-state index is 0. The molecule has 4 saturated heterocycles. The zero-order chi connectivity index (χ0) is 44.5. The monoisotopic (exact) mass is 889 g/mol. The number of hydrogen-bond acceptors (Lipinski definition) is 11. The number of fused-ring (bicyclic) bond motifs is 2. The highest BCUT2D eigenvalue weighted by molar-refractivity contribution is 5.91. The number of urea groups is 1. The van der Waals surface area contributed by atoms with Gasteiger partial charge in [-0.1, -0.05) is 38.6 Å². The van der Waals surface area contributed by atoms with Gasteiger partial charge in [0, 0.05) is 96.6 Å². The highest BCUT2D eigenvalue weighted by Gasteiger charge is 2.35. The number of aromatic nitrogens is 1. The molecule has 0 bridgehead atoms. The maximum absolute atomic E-state index is 13.7. The van der Waals surface area contributed by atoms with Crippen molar-refractivity contribution < 1.29 is 37.9 Å². The average Bonchev–Trinajstić information content (AvgIpc) is 3.82. The summed E-state index contributed by atoms with van der Waals surface area (Å²) in [4.78, 5) is 89.3. The molecule has 1 aromatic heterocycles. The molecule has 4 fully saturated rings. The van der Waals surface area contributed by atoms with Crippen LogP contribution in [0.5, 0.6) is 0 Å². The fourth-order valence-electron chi connectivity index (χ4n) is 9.14. The first-order valence-corrected chi connectivity index (χ1v) is 22.8. The molecule has 0 aliphatic carbocycles. The summed E-state index contributed by atoms with van der Waals surface area (Å²) in [7, 11) is 2.12. The first kappa shape index (κ1) is 48.0. The van der Waals surface area contributed by atoms with E-state index in [2.05, 4.69) is 34.1 Å². The van der Waals surface area contributed by atoms with E-state index in [4.69, 9.17) is 13.9 Å². The minimum atomic E-state index is -1.00. The lowest BCUT2D eigenvalue weighted by Crippen LogP contribution is -2.51. The van der Waals surface area contributed by atoms with E-state index in [1.807, 2.05) is 42.2 Å². The highest BCUT2D eigenvalue weighted by Crippen LogP contribution is 2.26. The average molecular weight is 889 g/mol. The summed E-state index contributed by atoms with van der Waals surface area (Å²) < 4.78 is 16.4. The van der Waals surface area contributed by atoms with E-state index in [-0.39, 0.29) is 43.7 Å². The van der Waals surface area contributed by atoms with Crippen LogP contribution in [0.25, 0.3) is 11.1 Å². The van der Waals surface area contributed by atoms with Crippen molar-refractivity contribution in [3.05, 3.63) is 63.6 Å². The molecule has 2 aromatic carbocycles. The van der Waals surface area contributed by atoms with Crippen LogP contribution in [0.15, 0.2) is 45.6 Å². The zero-order valence-electron chi connectivity index (χ0n) is 37.1. The van der Waals surface area contributed by atoms with Crippen molar-refractivity contribution >= 4 is 46.7 Å². The Hall–Kier alpha value is -5.42. The zero-order valence-corrected chi connectivity index (χ0v) is 37.1. The number of carbonyl (C=O) groups excluding carboxylic acids is 5. The number of nitrogens with one attached hydrogen (secondary N) is 2. The lowest BCUT2D eigenvalue weighted by Gasteiger charge is -2.38. The number of ether oxygens (including phenoxy) is 2. The molecule has 5 amide bonds. The van der Waals surface area contributed by atoms with E-state index in [9.17, 15) is 28.8 Å². The third kappa shape index (κ3) is 12.6. The summed E-state index contributed by atoms with van der Waals surface area (Å²) in [6.07, 6.45) is 4.50. The normalized spacial score (nSPS) is 19.5. The van der Waals surface area contributed by atoms with Crippen molar-refractivity contribution in [3.8, 4) is 0 Å². The Kier molecular flexibility index (Phi) is 16.9. The van der Waals surface area contributed by atoms with Gasteiger partial charge in [-0.25, -0.2) is 14.4 Å². The van der Waals surface area contributed by atoms with E-state index in [0.717, 1.165) is 87.3 Å². The molecular weight excluding hydrogens is 821 g/mol. The molecule has 17 nitrogen and oxygen atoms in total. The molecule has 5 aliphatic rings. The summed E-state index contributed by atoms with van der Waals surface area (Å²) in [5, 5.41) is 3.03. The first-order chi connectivity index (χ1) is 30.4. The van der Waals surface area contributed by atoms with Gasteiger partial charge in [-0.3, -0.25) is 19.4 Å². The number of carbonyl (C=O) groups is 5. The number of benzene rings is 2. The predicted octanol–water partition coefficient (Wildman–Crippen LogP) is 4.72. The number of likely N-dealkylation sites (N-methyl/N-ethyl adjacent to an activating group) is 1. The van der Waals surface area contributed by atoms with E-state index >= 15 is 0 Å². The molecule has 0 radical (unpaired) electrons. The second kappa shape index (κ2) is 22.5. The van der Waals surface area contributed by atoms with Crippen LogP contribution >= 0.6 is 0 Å². The first-order valence-electron chi connectivity index (χ1n) is 22.8. The number of aromatic amines is 1. The second-order valence-corrected chi connectivity index (χ2v) is 17.7. The Labute approximate surface area is 376 Å². The predicted molar refractivity (Wildman–Crippen MR) is 243 cm³/mol. The van der Waals surface area contributed by atoms with Gasteiger partial charge in [0.1, 0.15) is 6.61 Å². The number of amides is 5. The smallest absolute Gasteiger partial charge is 0.417 e. The third-order valence-corrected chi connectivity index (χ3v) is 13.2. The van der Waals surface area contributed by atoms with E-state index in [1.165, 1.54) is 0 Å². The van der Waals surface area contributed by atoms with Crippen molar-refractivity contribution in [1.82, 2.24) is 34.4 Å². The van der Waals surface area contributed by atoms with Gasteiger partial charge in [0.2, 0.25) is 5.91 Å². The van der Waals surface area contributed by atoms with Crippen molar-refractivity contribution in [3.63, 3.8) is 0 Å². The van der Waals surface area contributed by atoms with Crippen LogP contribution in [0, 0.1) is 12.8 Å². The van der Waals surface area contributed by atoms with Crippen LogP contribution < -0.4 is 11.1 Å². The van der Waals surface area contributed by atoms with Crippen molar-refractivity contribution in [2.45, 2.75) is 91.2 Å². The Morgan fingerprint density at radius 2 is 1.58 bits per heavy atom. The maximum Gasteiger partial charge on any atom is 0.417 e. The van der Waals surface area contributed by atoms with Gasteiger partial charge in [-0.05, 0) is 87.2 Å². The molecule has 5 aliphatic heterocycles. The molecule has 350 valence electrons. The van der Waals surface area contributed by atoms with Gasteiger partial charge in [-0.2, -0.15) is 0 Å². The van der Waals surface area contributed by atoms with Crippen LogP contribution in [-0.4, -0.2) is 169 Å². The number of para-hydroxylation sites is 1. The number of oxazole rings is 1. The maximum atomic E-state index is 13.7. The van der Waals surface area contributed by atoms with Gasteiger partial charge >= 0.3 is 23.8 Å². The fourth-order valence-corrected chi connectivity index (χ4v) is 9.14. The van der Waals surface area contributed by atoms with Crippen molar-refractivity contribution in [2.24, 2.45) is 5.92 Å². The molecule has 2 N–H and O–H groups in total. The van der Waals surface area contributed by atoms with E-state index < -0.39 is 18.0 Å². The van der Waals surface area contributed by atoms with Crippen molar-refractivity contribution in [1.29, 1.82) is 0 Å².